The molecule has 1 aromatic carbocycles. The van der Waals surface area contributed by atoms with E-state index in [9.17, 15) is 9.70 Å². The van der Waals surface area contributed by atoms with Crippen molar-refractivity contribution in [3.05, 3.63) is 70.6 Å². The first kappa shape index (κ1) is 21.9. The van der Waals surface area contributed by atoms with E-state index >= 15 is 0 Å². The standard InChI is InChI=1S/C25H28N4O3/c1-4-29(14-13-28(2)3)25(30)23-16-21(24(32-23)17-9-11-26-12-10-17)19-5-7-20-18(15-19)6-8-22(20)27-31/h5,7,9-12,15-16,22H,4,6,8,13-14H2,1-3H3. The average Bonchev–Trinajstić information content (AvgIpc) is 3.43. The summed E-state index contributed by atoms with van der Waals surface area (Å²) in [5.41, 5.74) is 4.80. The van der Waals surface area contributed by atoms with Crippen molar-refractivity contribution in [1.82, 2.24) is 14.8 Å². The van der Waals surface area contributed by atoms with E-state index in [-0.39, 0.29) is 11.9 Å². The number of furan rings is 1. The summed E-state index contributed by atoms with van der Waals surface area (Å²) in [4.78, 5) is 32.3. The van der Waals surface area contributed by atoms with Crippen LogP contribution in [0.15, 0.2) is 58.4 Å². The summed E-state index contributed by atoms with van der Waals surface area (Å²) in [6.45, 7) is 3.98. The number of pyridine rings is 1. The van der Waals surface area contributed by atoms with Gasteiger partial charge in [0.1, 0.15) is 11.8 Å². The number of likely N-dealkylation sites (N-methyl/N-ethyl adjacent to an activating group) is 2. The number of rotatable bonds is 8. The predicted molar refractivity (Wildman–Crippen MR) is 124 cm³/mol. The van der Waals surface area contributed by atoms with Crippen molar-refractivity contribution in [2.75, 3.05) is 33.7 Å². The van der Waals surface area contributed by atoms with Crippen molar-refractivity contribution < 1.29 is 9.21 Å². The summed E-state index contributed by atoms with van der Waals surface area (Å²) < 4.78 is 6.17. The van der Waals surface area contributed by atoms with Crippen LogP contribution < -0.4 is 0 Å². The number of aryl methyl sites for hydroxylation is 1. The fourth-order valence-corrected chi connectivity index (χ4v) is 4.18. The molecule has 0 spiro atoms. The van der Waals surface area contributed by atoms with Crippen LogP contribution in [0.25, 0.3) is 22.5 Å². The second kappa shape index (κ2) is 9.44. The number of carbonyl (C=O) groups is 1. The number of aromatic nitrogens is 1. The summed E-state index contributed by atoms with van der Waals surface area (Å²) in [6, 6.07) is 11.4. The second-order valence-corrected chi connectivity index (χ2v) is 8.35. The SMILES string of the molecule is CCN(CCN(C)C)C(=O)c1cc(-c2ccc3c(c2)CCC3N=O)c(-c2ccncc2)o1. The van der Waals surface area contributed by atoms with Gasteiger partial charge in [0.2, 0.25) is 0 Å². The summed E-state index contributed by atoms with van der Waals surface area (Å²) in [5, 5.41) is 3.25. The molecule has 7 heteroatoms. The molecule has 3 aromatic rings. The highest BCUT2D eigenvalue weighted by atomic mass is 16.4. The van der Waals surface area contributed by atoms with Gasteiger partial charge >= 0.3 is 0 Å². The van der Waals surface area contributed by atoms with Crippen LogP contribution in [0.3, 0.4) is 0 Å². The lowest BCUT2D eigenvalue weighted by Crippen LogP contribution is -2.36. The van der Waals surface area contributed by atoms with Crippen LogP contribution in [0.5, 0.6) is 0 Å². The van der Waals surface area contributed by atoms with E-state index in [4.69, 9.17) is 4.42 Å². The van der Waals surface area contributed by atoms with Crippen LogP contribution in [0.4, 0.5) is 0 Å². The normalized spacial score (nSPS) is 15.1. The average molecular weight is 433 g/mol. The Hall–Kier alpha value is -3.32. The first-order valence-corrected chi connectivity index (χ1v) is 11.0. The molecular weight excluding hydrogens is 404 g/mol. The molecule has 4 rings (SSSR count). The molecule has 7 nitrogen and oxygen atoms in total. The Balaban J connectivity index is 1.74. The van der Waals surface area contributed by atoms with Gasteiger partial charge in [0.15, 0.2) is 5.76 Å². The van der Waals surface area contributed by atoms with Crippen LogP contribution in [-0.4, -0.2) is 54.4 Å². The summed E-state index contributed by atoms with van der Waals surface area (Å²) >= 11 is 0. The van der Waals surface area contributed by atoms with Crippen molar-refractivity contribution in [2.45, 2.75) is 25.8 Å². The number of carbonyl (C=O) groups excluding carboxylic acids is 1. The van der Waals surface area contributed by atoms with Crippen LogP contribution in [-0.2, 0) is 6.42 Å². The van der Waals surface area contributed by atoms with Crippen LogP contribution in [0, 0.1) is 4.91 Å². The smallest absolute Gasteiger partial charge is 0.289 e. The van der Waals surface area contributed by atoms with Crippen LogP contribution in [0.1, 0.15) is 41.1 Å². The summed E-state index contributed by atoms with van der Waals surface area (Å²) in [5.74, 6) is 0.838. The van der Waals surface area contributed by atoms with Gasteiger partial charge in [-0.25, -0.2) is 0 Å². The Labute approximate surface area is 188 Å². The third kappa shape index (κ3) is 4.34. The van der Waals surface area contributed by atoms with E-state index < -0.39 is 0 Å². The van der Waals surface area contributed by atoms with Gasteiger partial charge in [0.25, 0.3) is 5.91 Å². The fraction of sp³-hybridized carbons (Fsp3) is 0.360. The molecule has 1 aliphatic rings. The summed E-state index contributed by atoms with van der Waals surface area (Å²) in [7, 11) is 3.98. The van der Waals surface area contributed by atoms with Crippen molar-refractivity contribution in [3.63, 3.8) is 0 Å². The third-order valence-electron chi connectivity index (χ3n) is 6.00. The zero-order chi connectivity index (χ0) is 22.7. The monoisotopic (exact) mass is 432 g/mol. The lowest BCUT2D eigenvalue weighted by atomic mass is 9.98. The maximum atomic E-state index is 13.2. The quantitative estimate of drug-likeness (QED) is 0.478. The molecule has 0 saturated heterocycles. The molecule has 1 aliphatic carbocycles. The number of nitrogens with zero attached hydrogens (tertiary/aromatic N) is 4. The van der Waals surface area contributed by atoms with Crippen molar-refractivity contribution in [1.29, 1.82) is 0 Å². The number of fused-ring (bicyclic) bond motifs is 1. The zero-order valence-corrected chi connectivity index (χ0v) is 18.7. The molecule has 1 atom stereocenters. The number of nitroso groups, excluding NO2 is 1. The van der Waals surface area contributed by atoms with E-state index in [0.717, 1.165) is 47.2 Å². The molecule has 166 valence electrons. The first-order chi connectivity index (χ1) is 15.5. The fourth-order valence-electron chi connectivity index (χ4n) is 4.18. The Kier molecular flexibility index (Phi) is 6.46. The lowest BCUT2D eigenvalue weighted by Gasteiger charge is -2.21. The highest BCUT2D eigenvalue weighted by Gasteiger charge is 2.26. The van der Waals surface area contributed by atoms with Gasteiger partial charge in [0, 0.05) is 43.2 Å². The Morgan fingerprint density at radius 3 is 2.59 bits per heavy atom. The Morgan fingerprint density at radius 2 is 1.91 bits per heavy atom. The number of hydrogen-bond donors (Lipinski definition) is 0. The molecule has 0 aliphatic heterocycles. The number of hydrogen-bond acceptors (Lipinski definition) is 6. The minimum atomic E-state index is -0.269. The minimum Gasteiger partial charge on any atom is -0.450 e. The molecule has 2 aromatic heterocycles. The zero-order valence-electron chi connectivity index (χ0n) is 18.7. The molecule has 0 bridgehead atoms. The van der Waals surface area contributed by atoms with E-state index in [0.29, 0.717) is 24.6 Å². The Bertz CT molecular complexity index is 1110. The second-order valence-electron chi connectivity index (χ2n) is 8.35. The van der Waals surface area contributed by atoms with Crippen molar-refractivity contribution >= 4 is 5.91 Å². The maximum Gasteiger partial charge on any atom is 0.289 e. The van der Waals surface area contributed by atoms with Gasteiger partial charge in [-0.2, -0.15) is 4.91 Å². The molecular formula is C25H28N4O3. The van der Waals surface area contributed by atoms with Gasteiger partial charge < -0.3 is 14.2 Å². The van der Waals surface area contributed by atoms with Gasteiger partial charge in [0.05, 0.1) is 0 Å². The maximum absolute atomic E-state index is 13.2. The molecule has 32 heavy (non-hydrogen) atoms. The van der Waals surface area contributed by atoms with Crippen molar-refractivity contribution in [2.24, 2.45) is 5.18 Å². The van der Waals surface area contributed by atoms with Crippen molar-refractivity contribution in [3.8, 4) is 22.5 Å². The molecule has 0 N–H and O–H groups in total. The largest absolute Gasteiger partial charge is 0.450 e. The van der Waals surface area contributed by atoms with Gasteiger partial charge in [-0.05, 0) is 68.8 Å². The molecule has 1 unspecified atom stereocenters. The van der Waals surface area contributed by atoms with E-state index in [1.54, 1.807) is 17.3 Å². The van der Waals surface area contributed by atoms with Crippen LogP contribution in [0.2, 0.25) is 0 Å². The number of amides is 1. The molecule has 1 amide bonds. The summed E-state index contributed by atoms with van der Waals surface area (Å²) in [6.07, 6.45) is 4.98. The molecule has 2 heterocycles. The van der Waals surface area contributed by atoms with E-state index in [1.807, 2.05) is 51.4 Å². The molecule has 0 radical (unpaired) electrons. The van der Waals surface area contributed by atoms with Gasteiger partial charge in [-0.1, -0.05) is 23.4 Å². The molecule has 0 saturated carbocycles. The Morgan fingerprint density at radius 1 is 1.12 bits per heavy atom. The predicted octanol–water partition coefficient (Wildman–Crippen LogP) is 4.79. The van der Waals surface area contributed by atoms with Gasteiger partial charge in [-0.15, -0.1) is 0 Å². The topological polar surface area (TPSA) is 79.0 Å². The third-order valence-corrected chi connectivity index (χ3v) is 6.00. The van der Waals surface area contributed by atoms with Gasteiger partial charge in [-0.3, -0.25) is 9.78 Å². The minimum absolute atomic E-state index is 0.123. The van der Waals surface area contributed by atoms with E-state index in [2.05, 4.69) is 21.1 Å². The van der Waals surface area contributed by atoms with E-state index in [1.165, 1.54) is 0 Å². The molecule has 0 fully saturated rings. The van der Waals surface area contributed by atoms with Crippen LogP contribution >= 0.6 is 0 Å². The highest BCUT2D eigenvalue weighted by molar-refractivity contribution is 5.95. The first-order valence-electron chi connectivity index (χ1n) is 11.0. The highest BCUT2D eigenvalue weighted by Crippen LogP contribution is 2.40. The number of benzene rings is 1. The lowest BCUT2D eigenvalue weighted by molar-refractivity contribution is 0.0723.